The maximum Gasteiger partial charge on any atom is 0.417 e. The molecule has 124 valence electrons. The second kappa shape index (κ2) is 5.73. The molecule has 0 saturated carbocycles. The quantitative estimate of drug-likeness (QED) is 0.835. The zero-order valence-corrected chi connectivity index (χ0v) is 11.5. The number of rotatable bonds is 3. The van der Waals surface area contributed by atoms with Gasteiger partial charge < -0.3 is 10.4 Å². The molecule has 1 heterocycles. The van der Waals surface area contributed by atoms with Crippen LogP contribution in [0.15, 0.2) is 18.2 Å². The van der Waals surface area contributed by atoms with Crippen molar-refractivity contribution in [1.82, 2.24) is 5.32 Å². The van der Waals surface area contributed by atoms with Gasteiger partial charge >= 0.3 is 12.4 Å². The molecule has 1 atom stereocenters. The van der Waals surface area contributed by atoms with Crippen LogP contribution in [-0.4, -0.2) is 24.8 Å². The Labute approximate surface area is 123 Å². The Bertz CT molecular complexity index is 531. The van der Waals surface area contributed by atoms with Gasteiger partial charge in [-0.05, 0) is 37.1 Å². The molecule has 22 heavy (non-hydrogen) atoms. The number of nitrogens with one attached hydrogen (secondary N) is 1. The number of hydrogen-bond acceptors (Lipinski definition) is 2. The lowest BCUT2D eigenvalue weighted by Crippen LogP contribution is -2.31. The SMILES string of the molecule is OCCC1(c2ccc(C(F)(F)F)c(C(F)(F)F)c2)CCNC1. The minimum absolute atomic E-state index is 0.173. The predicted octanol–water partition coefficient (Wildman–Crippen LogP) is 3.34. The second-order valence-corrected chi connectivity index (χ2v) is 5.44. The summed E-state index contributed by atoms with van der Waals surface area (Å²) in [6, 6.07) is 2.14. The largest absolute Gasteiger partial charge is 0.417 e. The van der Waals surface area contributed by atoms with Crippen molar-refractivity contribution in [2.45, 2.75) is 30.6 Å². The normalized spacial score (nSPS) is 23.0. The third-order valence-corrected chi connectivity index (χ3v) is 4.08. The standard InChI is InChI=1S/C14H15F6NO/c15-13(16,17)10-2-1-9(7-11(10)14(18,19)20)12(4-6-22)3-5-21-8-12/h1-2,7,21-22H,3-6,8H2. The molecule has 0 aliphatic carbocycles. The molecule has 1 aliphatic heterocycles. The smallest absolute Gasteiger partial charge is 0.396 e. The lowest BCUT2D eigenvalue weighted by molar-refractivity contribution is -0.162. The molecule has 0 amide bonds. The monoisotopic (exact) mass is 327 g/mol. The van der Waals surface area contributed by atoms with E-state index in [4.69, 9.17) is 5.11 Å². The van der Waals surface area contributed by atoms with E-state index in [1.54, 1.807) is 0 Å². The van der Waals surface area contributed by atoms with Gasteiger partial charge in [-0.2, -0.15) is 26.3 Å². The summed E-state index contributed by atoms with van der Waals surface area (Å²) in [5, 5.41) is 12.1. The fourth-order valence-electron chi connectivity index (χ4n) is 2.92. The number of aliphatic hydroxyl groups excluding tert-OH is 1. The molecule has 0 aromatic heterocycles. The molecule has 8 heteroatoms. The van der Waals surface area contributed by atoms with E-state index in [1.807, 2.05) is 0 Å². The molecule has 1 aromatic rings. The van der Waals surface area contributed by atoms with Crippen LogP contribution in [-0.2, 0) is 17.8 Å². The van der Waals surface area contributed by atoms with Gasteiger partial charge in [0.15, 0.2) is 0 Å². The van der Waals surface area contributed by atoms with E-state index in [2.05, 4.69) is 5.32 Å². The summed E-state index contributed by atoms with van der Waals surface area (Å²) in [7, 11) is 0. The predicted molar refractivity (Wildman–Crippen MR) is 67.3 cm³/mol. The van der Waals surface area contributed by atoms with Gasteiger partial charge in [0, 0.05) is 18.6 Å². The number of halogens is 6. The van der Waals surface area contributed by atoms with Crippen molar-refractivity contribution in [1.29, 1.82) is 0 Å². The van der Waals surface area contributed by atoms with E-state index in [0.29, 0.717) is 31.6 Å². The van der Waals surface area contributed by atoms with Crippen molar-refractivity contribution in [2.24, 2.45) is 0 Å². The van der Waals surface area contributed by atoms with Gasteiger partial charge in [0.1, 0.15) is 0 Å². The van der Waals surface area contributed by atoms with Gasteiger partial charge in [0.2, 0.25) is 0 Å². The van der Waals surface area contributed by atoms with E-state index in [1.165, 1.54) is 0 Å². The van der Waals surface area contributed by atoms with Crippen molar-refractivity contribution >= 4 is 0 Å². The summed E-state index contributed by atoms with van der Waals surface area (Å²) in [4.78, 5) is 0. The topological polar surface area (TPSA) is 32.3 Å². The Balaban J connectivity index is 2.56. The zero-order valence-electron chi connectivity index (χ0n) is 11.5. The Kier molecular flexibility index (Phi) is 4.45. The van der Waals surface area contributed by atoms with Crippen molar-refractivity contribution in [3.05, 3.63) is 34.9 Å². The first-order valence-corrected chi connectivity index (χ1v) is 6.71. The first-order chi connectivity index (χ1) is 10.1. The number of hydrogen-bond donors (Lipinski definition) is 2. The van der Waals surface area contributed by atoms with Gasteiger partial charge in [-0.15, -0.1) is 0 Å². The fraction of sp³-hybridized carbons (Fsp3) is 0.571. The van der Waals surface area contributed by atoms with Crippen LogP contribution in [0, 0.1) is 0 Å². The van der Waals surface area contributed by atoms with Crippen LogP contribution in [0.3, 0.4) is 0 Å². The van der Waals surface area contributed by atoms with Crippen molar-refractivity contribution in [3.8, 4) is 0 Å². The summed E-state index contributed by atoms with van der Waals surface area (Å²) in [6.07, 6.45) is -9.49. The summed E-state index contributed by atoms with van der Waals surface area (Å²) >= 11 is 0. The van der Waals surface area contributed by atoms with Crippen LogP contribution < -0.4 is 5.32 Å². The minimum Gasteiger partial charge on any atom is -0.396 e. The minimum atomic E-state index is -5.09. The molecule has 1 aromatic carbocycles. The molecule has 2 nitrogen and oxygen atoms in total. The molecule has 0 bridgehead atoms. The van der Waals surface area contributed by atoms with Gasteiger partial charge in [-0.1, -0.05) is 6.07 Å². The zero-order chi connectivity index (χ0) is 16.6. The first kappa shape index (κ1) is 17.1. The highest BCUT2D eigenvalue weighted by atomic mass is 19.4. The molecule has 1 aliphatic rings. The molecule has 1 saturated heterocycles. The summed E-state index contributed by atoms with van der Waals surface area (Å²) < 4.78 is 77.3. The van der Waals surface area contributed by atoms with Crippen LogP contribution >= 0.6 is 0 Å². The van der Waals surface area contributed by atoms with E-state index < -0.39 is 28.9 Å². The number of aliphatic hydroxyl groups is 1. The first-order valence-electron chi connectivity index (χ1n) is 6.71. The van der Waals surface area contributed by atoms with Crippen LogP contribution in [0.5, 0.6) is 0 Å². The van der Waals surface area contributed by atoms with Gasteiger partial charge in [-0.25, -0.2) is 0 Å². The summed E-state index contributed by atoms with van der Waals surface area (Å²) in [5.41, 5.74) is -3.96. The number of alkyl halides is 6. The molecule has 1 fully saturated rings. The third kappa shape index (κ3) is 3.22. The van der Waals surface area contributed by atoms with Crippen molar-refractivity contribution < 1.29 is 31.4 Å². The van der Waals surface area contributed by atoms with Gasteiger partial charge in [-0.3, -0.25) is 0 Å². The maximum atomic E-state index is 13.0. The van der Waals surface area contributed by atoms with Crippen molar-refractivity contribution in [3.63, 3.8) is 0 Å². The summed E-state index contributed by atoms with van der Waals surface area (Å²) in [5.74, 6) is 0. The lowest BCUT2D eigenvalue weighted by Gasteiger charge is -2.29. The van der Waals surface area contributed by atoms with E-state index in [9.17, 15) is 26.3 Å². The Morgan fingerprint density at radius 3 is 2.14 bits per heavy atom. The lowest BCUT2D eigenvalue weighted by atomic mass is 9.76. The van der Waals surface area contributed by atoms with Crippen LogP contribution in [0.1, 0.15) is 29.5 Å². The van der Waals surface area contributed by atoms with E-state index in [0.717, 1.165) is 6.07 Å². The van der Waals surface area contributed by atoms with Crippen LogP contribution in [0.25, 0.3) is 0 Å². The average Bonchev–Trinajstić information content (AvgIpc) is 2.86. The third-order valence-electron chi connectivity index (χ3n) is 4.08. The molecule has 0 spiro atoms. The Hall–Kier alpha value is -1.28. The van der Waals surface area contributed by atoms with Gasteiger partial charge in [0.25, 0.3) is 0 Å². The van der Waals surface area contributed by atoms with E-state index in [-0.39, 0.29) is 18.6 Å². The Morgan fingerprint density at radius 1 is 1.05 bits per heavy atom. The molecule has 1 unspecified atom stereocenters. The highest BCUT2D eigenvalue weighted by Gasteiger charge is 2.45. The van der Waals surface area contributed by atoms with Crippen LogP contribution in [0.4, 0.5) is 26.3 Å². The van der Waals surface area contributed by atoms with E-state index >= 15 is 0 Å². The average molecular weight is 327 g/mol. The molecule has 0 radical (unpaired) electrons. The molecular formula is C14H15F6NO. The maximum absolute atomic E-state index is 13.0. The molecule has 2 N–H and O–H groups in total. The second-order valence-electron chi connectivity index (χ2n) is 5.44. The number of benzene rings is 1. The van der Waals surface area contributed by atoms with Crippen LogP contribution in [0.2, 0.25) is 0 Å². The van der Waals surface area contributed by atoms with Crippen molar-refractivity contribution in [2.75, 3.05) is 19.7 Å². The Morgan fingerprint density at radius 2 is 1.68 bits per heavy atom. The molecule has 2 rings (SSSR count). The highest BCUT2D eigenvalue weighted by molar-refractivity contribution is 5.40. The summed E-state index contributed by atoms with van der Waals surface area (Å²) in [6.45, 7) is 0.628. The van der Waals surface area contributed by atoms with Gasteiger partial charge in [0.05, 0.1) is 11.1 Å². The fourth-order valence-corrected chi connectivity index (χ4v) is 2.92. The highest BCUT2D eigenvalue weighted by Crippen LogP contribution is 2.43. The molecular weight excluding hydrogens is 312 g/mol.